The van der Waals surface area contributed by atoms with Crippen LogP contribution in [-0.4, -0.2) is 19.6 Å². The molecule has 7 heteroatoms. The van der Waals surface area contributed by atoms with Gasteiger partial charge < -0.3 is 0 Å². The van der Waals surface area contributed by atoms with E-state index in [0.717, 1.165) is 0 Å². The molecule has 0 aliphatic rings. The molecule has 18 heavy (non-hydrogen) atoms. The zero-order chi connectivity index (χ0) is 12.7. The number of nitrogens with zero attached hydrogens (tertiary/aromatic N) is 4. The van der Waals surface area contributed by atoms with Gasteiger partial charge in [0.2, 0.25) is 0 Å². The van der Waals surface area contributed by atoms with Crippen LogP contribution in [-0.2, 0) is 0 Å². The summed E-state index contributed by atoms with van der Waals surface area (Å²) < 4.78 is 15.3. The molecule has 3 aromatic rings. The molecule has 0 radical (unpaired) electrons. The molecule has 2 aromatic heterocycles. The molecule has 90 valence electrons. The van der Waals surface area contributed by atoms with Gasteiger partial charge >= 0.3 is 0 Å². The maximum absolute atomic E-state index is 13.1. The van der Waals surface area contributed by atoms with Crippen molar-refractivity contribution in [2.24, 2.45) is 0 Å². The zero-order valence-electron chi connectivity index (χ0n) is 8.81. The van der Waals surface area contributed by atoms with E-state index in [0.29, 0.717) is 26.7 Å². The largest absolute Gasteiger partial charge is 0.262 e. The molecule has 0 spiro atoms. The van der Waals surface area contributed by atoms with Gasteiger partial charge in [0, 0.05) is 10.0 Å². The third kappa shape index (κ3) is 1.77. The normalized spacial score (nSPS) is 11.1. The Labute approximate surface area is 115 Å². The van der Waals surface area contributed by atoms with Crippen LogP contribution in [0.5, 0.6) is 0 Å². The summed E-state index contributed by atoms with van der Waals surface area (Å²) in [6.45, 7) is 0. The van der Waals surface area contributed by atoms with Gasteiger partial charge in [-0.05, 0) is 34.1 Å². The maximum Gasteiger partial charge on any atom is 0.180 e. The Morgan fingerprint density at radius 2 is 2.06 bits per heavy atom. The highest BCUT2D eigenvalue weighted by atomic mass is 79.9. The Hall–Kier alpha value is -1.53. The average molecular weight is 328 g/mol. The van der Waals surface area contributed by atoms with Crippen LogP contribution in [0.15, 0.2) is 35.1 Å². The summed E-state index contributed by atoms with van der Waals surface area (Å²) in [6, 6.07) is 4.34. The number of halogens is 3. The van der Waals surface area contributed by atoms with E-state index >= 15 is 0 Å². The van der Waals surface area contributed by atoms with E-state index in [2.05, 4.69) is 31.1 Å². The first-order chi connectivity index (χ1) is 8.66. The Bertz CT molecular complexity index is 743. The molecule has 0 N–H and O–H groups in total. The molecule has 0 aliphatic heterocycles. The fourth-order valence-corrected chi connectivity index (χ4v) is 2.41. The molecule has 1 aromatic carbocycles. The van der Waals surface area contributed by atoms with E-state index in [1.54, 1.807) is 16.7 Å². The van der Waals surface area contributed by atoms with Gasteiger partial charge in [-0.2, -0.15) is 0 Å². The fourth-order valence-electron chi connectivity index (χ4n) is 1.66. The molecule has 3 rings (SSSR count). The lowest BCUT2D eigenvalue weighted by Gasteiger charge is -2.04. The summed E-state index contributed by atoms with van der Waals surface area (Å²) in [4.78, 5) is 3.93. The Morgan fingerprint density at radius 3 is 2.83 bits per heavy atom. The monoisotopic (exact) mass is 326 g/mol. The number of aromatic nitrogens is 4. The lowest BCUT2D eigenvalue weighted by atomic mass is 10.2. The summed E-state index contributed by atoms with van der Waals surface area (Å²) >= 11 is 9.37. The summed E-state index contributed by atoms with van der Waals surface area (Å²) in [6.07, 6.45) is 3.05. The van der Waals surface area contributed by atoms with Crippen LogP contribution in [0.25, 0.3) is 17.0 Å². The fraction of sp³-hybridized carbons (Fsp3) is 0. The number of benzene rings is 1. The van der Waals surface area contributed by atoms with Crippen molar-refractivity contribution in [3.05, 3.63) is 46.0 Å². The molecule has 0 aliphatic carbocycles. The van der Waals surface area contributed by atoms with E-state index in [9.17, 15) is 4.39 Å². The van der Waals surface area contributed by atoms with Crippen LogP contribution >= 0.6 is 27.5 Å². The Morgan fingerprint density at radius 1 is 1.22 bits per heavy atom. The SMILES string of the molecule is Fc1ccc(-c2nnc3cncc(Cl)n23)c(Br)c1. The van der Waals surface area contributed by atoms with Gasteiger partial charge in [-0.3, -0.25) is 9.38 Å². The van der Waals surface area contributed by atoms with Gasteiger partial charge in [0.15, 0.2) is 11.5 Å². The second-order valence-corrected chi connectivity index (χ2v) is 4.81. The van der Waals surface area contributed by atoms with E-state index in [-0.39, 0.29) is 5.82 Å². The van der Waals surface area contributed by atoms with Crippen molar-refractivity contribution in [2.75, 3.05) is 0 Å². The molecule has 0 unspecified atom stereocenters. The highest BCUT2D eigenvalue weighted by Crippen LogP contribution is 2.29. The third-order valence-electron chi connectivity index (χ3n) is 2.44. The Balaban J connectivity index is 2.32. The predicted octanol–water partition coefficient (Wildman–Crippen LogP) is 3.35. The van der Waals surface area contributed by atoms with Gasteiger partial charge in [-0.25, -0.2) is 4.39 Å². The summed E-state index contributed by atoms with van der Waals surface area (Å²) in [7, 11) is 0. The minimum Gasteiger partial charge on any atom is -0.262 e. The molecule has 4 nitrogen and oxygen atoms in total. The first kappa shape index (κ1) is 11.6. The minimum atomic E-state index is -0.327. The molecule has 0 saturated heterocycles. The van der Waals surface area contributed by atoms with Crippen LogP contribution in [0, 0.1) is 5.82 Å². The lowest BCUT2D eigenvalue weighted by Crippen LogP contribution is -1.93. The average Bonchev–Trinajstić information content (AvgIpc) is 2.74. The van der Waals surface area contributed by atoms with Crippen molar-refractivity contribution in [1.82, 2.24) is 19.6 Å². The molecule has 0 fully saturated rings. The summed E-state index contributed by atoms with van der Waals surface area (Å²) in [5.74, 6) is 0.205. The molecule has 0 bridgehead atoms. The van der Waals surface area contributed by atoms with E-state index < -0.39 is 0 Å². The van der Waals surface area contributed by atoms with Crippen molar-refractivity contribution in [1.29, 1.82) is 0 Å². The standard InChI is InChI=1S/C11H5BrClFN4/c12-8-3-6(14)1-2-7(8)11-17-16-10-5-15-4-9(13)18(10)11/h1-5H. The lowest BCUT2D eigenvalue weighted by molar-refractivity contribution is 0.627. The van der Waals surface area contributed by atoms with Crippen molar-refractivity contribution >= 4 is 33.2 Å². The number of fused-ring (bicyclic) bond motifs is 1. The van der Waals surface area contributed by atoms with Crippen LogP contribution in [0.1, 0.15) is 0 Å². The quantitative estimate of drug-likeness (QED) is 0.688. The molecule has 2 heterocycles. The molecular formula is C11H5BrClFN4. The summed E-state index contributed by atoms with van der Waals surface area (Å²) in [5.41, 5.74) is 1.24. The zero-order valence-corrected chi connectivity index (χ0v) is 11.2. The third-order valence-corrected chi connectivity index (χ3v) is 3.37. The van der Waals surface area contributed by atoms with Crippen molar-refractivity contribution < 1.29 is 4.39 Å². The number of hydrogen-bond donors (Lipinski definition) is 0. The highest BCUT2D eigenvalue weighted by Gasteiger charge is 2.13. The van der Waals surface area contributed by atoms with Crippen molar-refractivity contribution in [2.45, 2.75) is 0 Å². The van der Waals surface area contributed by atoms with Gasteiger partial charge in [0.25, 0.3) is 0 Å². The van der Waals surface area contributed by atoms with Crippen LogP contribution in [0.2, 0.25) is 5.15 Å². The number of rotatable bonds is 1. The molecule has 0 saturated carbocycles. The van der Waals surface area contributed by atoms with Crippen LogP contribution < -0.4 is 0 Å². The van der Waals surface area contributed by atoms with Crippen molar-refractivity contribution in [3.63, 3.8) is 0 Å². The highest BCUT2D eigenvalue weighted by molar-refractivity contribution is 9.10. The van der Waals surface area contributed by atoms with Crippen LogP contribution in [0.4, 0.5) is 4.39 Å². The maximum atomic E-state index is 13.1. The number of hydrogen-bond acceptors (Lipinski definition) is 3. The predicted molar refractivity (Wildman–Crippen MR) is 68.9 cm³/mol. The van der Waals surface area contributed by atoms with E-state index in [4.69, 9.17) is 11.6 Å². The Kier molecular flexibility index (Phi) is 2.76. The molecule has 0 amide bonds. The second-order valence-electron chi connectivity index (χ2n) is 3.57. The minimum absolute atomic E-state index is 0.327. The topological polar surface area (TPSA) is 43.1 Å². The van der Waals surface area contributed by atoms with Crippen molar-refractivity contribution in [3.8, 4) is 11.4 Å². The first-order valence-electron chi connectivity index (χ1n) is 4.97. The summed E-state index contributed by atoms with van der Waals surface area (Å²) in [5, 5.41) is 8.42. The van der Waals surface area contributed by atoms with Gasteiger partial charge in [-0.15, -0.1) is 10.2 Å². The van der Waals surface area contributed by atoms with Crippen LogP contribution in [0.3, 0.4) is 0 Å². The first-order valence-corrected chi connectivity index (χ1v) is 6.14. The second kappa shape index (κ2) is 4.29. The van der Waals surface area contributed by atoms with Gasteiger partial charge in [0.1, 0.15) is 11.0 Å². The molecular weight excluding hydrogens is 323 g/mol. The molecule has 0 atom stereocenters. The smallest absolute Gasteiger partial charge is 0.180 e. The van der Waals surface area contributed by atoms with E-state index in [1.165, 1.54) is 18.3 Å². The van der Waals surface area contributed by atoms with Gasteiger partial charge in [0.05, 0.1) is 12.4 Å². The van der Waals surface area contributed by atoms with E-state index in [1.807, 2.05) is 0 Å². The van der Waals surface area contributed by atoms with Gasteiger partial charge in [-0.1, -0.05) is 11.6 Å².